The molecule has 2 amide bonds. The van der Waals surface area contributed by atoms with Gasteiger partial charge in [0, 0.05) is 23.7 Å². The summed E-state index contributed by atoms with van der Waals surface area (Å²) < 4.78 is 39.8. The molecular weight excluding hydrogens is 578 g/mol. The van der Waals surface area contributed by atoms with Gasteiger partial charge in [-0.2, -0.15) is 0 Å². The van der Waals surface area contributed by atoms with E-state index in [9.17, 15) is 18.0 Å². The molecule has 0 spiro atoms. The molecule has 0 aliphatic heterocycles. The van der Waals surface area contributed by atoms with Gasteiger partial charge in [-0.1, -0.05) is 54.8 Å². The molecule has 4 rings (SSSR count). The lowest BCUT2D eigenvalue weighted by Gasteiger charge is -2.32. The molecule has 11 heteroatoms. The topological polar surface area (TPSA) is 105 Å². The van der Waals surface area contributed by atoms with E-state index in [2.05, 4.69) is 5.32 Å². The van der Waals surface area contributed by atoms with Crippen molar-refractivity contribution in [2.45, 2.75) is 56.1 Å². The fourth-order valence-electron chi connectivity index (χ4n) is 4.99. The first kappa shape index (κ1) is 31.2. The van der Waals surface area contributed by atoms with Crippen molar-refractivity contribution in [1.29, 1.82) is 0 Å². The van der Waals surface area contributed by atoms with E-state index >= 15 is 0 Å². The summed E-state index contributed by atoms with van der Waals surface area (Å²) in [5.41, 5.74) is 1.05. The molecule has 1 aliphatic rings. The van der Waals surface area contributed by atoms with E-state index in [-0.39, 0.29) is 34.8 Å². The predicted molar refractivity (Wildman–Crippen MR) is 162 cm³/mol. The Bertz CT molecular complexity index is 1480. The zero-order valence-electron chi connectivity index (χ0n) is 24.0. The van der Waals surface area contributed by atoms with Crippen molar-refractivity contribution >= 4 is 39.1 Å². The average Bonchev–Trinajstić information content (AvgIpc) is 3.51. The van der Waals surface area contributed by atoms with Crippen LogP contribution in [0.3, 0.4) is 0 Å². The number of amides is 2. The van der Waals surface area contributed by atoms with Crippen molar-refractivity contribution in [1.82, 2.24) is 10.2 Å². The van der Waals surface area contributed by atoms with Crippen molar-refractivity contribution < 1.29 is 27.5 Å². The number of benzene rings is 3. The molecule has 0 aromatic heterocycles. The number of carbonyl (C=O) groups excluding carboxylic acids is 2. The van der Waals surface area contributed by atoms with Crippen LogP contribution in [0.2, 0.25) is 5.02 Å². The molecule has 1 saturated carbocycles. The van der Waals surface area contributed by atoms with E-state index in [4.69, 9.17) is 21.1 Å². The van der Waals surface area contributed by atoms with Crippen LogP contribution in [0.4, 0.5) is 5.69 Å². The van der Waals surface area contributed by atoms with Gasteiger partial charge in [0.1, 0.15) is 12.6 Å². The lowest BCUT2D eigenvalue weighted by atomic mass is 10.1. The first-order chi connectivity index (χ1) is 20.1. The van der Waals surface area contributed by atoms with Gasteiger partial charge in [-0.25, -0.2) is 8.42 Å². The van der Waals surface area contributed by atoms with Crippen molar-refractivity contribution in [3.63, 3.8) is 0 Å². The van der Waals surface area contributed by atoms with E-state index in [1.54, 1.807) is 19.1 Å². The van der Waals surface area contributed by atoms with Crippen LogP contribution in [0.5, 0.6) is 11.5 Å². The van der Waals surface area contributed by atoms with Crippen LogP contribution < -0.4 is 19.1 Å². The largest absolute Gasteiger partial charge is 0.493 e. The van der Waals surface area contributed by atoms with Gasteiger partial charge in [-0.05, 0) is 61.7 Å². The number of halogens is 1. The molecule has 224 valence electrons. The lowest BCUT2D eigenvalue weighted by molar-refractivity contribution is -0.139. The molecule has 0 radical (unpaired) electrons. The monoisotopic (exact) mass is 613 g/mol. The molecule has 0 heterocycles. The van der Waals surface area contributed by atoms with E-state index in [0.717, 1.165) is 35.6 Å². The number of anilines is 1. The summed E-state index contributed by atoms with van der Waals surface area (Å²) in [7, 11) is -1.42. The second-order valence-corrected chi connectivity index (χ2v) is 12.5. The third-order valence-electron chi connectivity index (χ3n) is 7.40. The van der Waals surface area contributed by atoms with E-state index in [0.29, 0.717) is 10.8 Å². The number of hydrogen-bond donors (Lipinski definition) is 1. The third kappa shape index (κ3) is 7.35. The van der Waals surface area contributed by atoms with Crippen molar-refractivity contribution in [3.8, 4) is 11.5 Å². The standard InChI is InChI=1S/C31H36ClN3O6S/c1-22(31(37)33-25-11-7-8-12-25)34(20-23-9-5-4-6-10-23)30(36)21-35(26-15-13-24(32)14-16-26)42(38,39)27-17-18-28(40-2)29(19-27)41-3/h4-6,9-10,13-19,22,25H,7-8,11-12,20-21H2,1-3H3,(H,33,37)/t22-/m1/s1. The van der Waals surface area contributed by atoms with Gasteiger partial charge in [0.25, 0.3) is 10.0 Å². The van der Waals surface area contributed by atoms with Gasteiger partial charge in [-0.15, -0.1) is 0 Å². The molecule has 1 atom stereocenters. The predicted octanol–water partition coefficient (Wildman–Crippen LogP) is 5.03. The average molecular weight is 614 g/mol. The molecule has 3 aromatic rings. The van der Waals surface area contributed by atoms with Gasteiger partial charge >= 0.3 is 0 Å². The maximum absolute atomic E-state index is 14.1. The van der Waals surface area contributed by atoms with E-state index in [1.807, 2.05) is 30.3 Å². The molecule has 3 aromatic carbocycles. The van der Waals surface area contributed by atoms with Crippen LogP contribution in [0.15, 0.2) is 77.7 Å². The summed E-state index contributed by atoms with van der Waals surface area (Å²) in [5, 5.41) is 3.48. The molecular formula is C31H36ClN3O6S. The molecule has 0 bridgehead atoms. The zero-order chi connectivity index (χ0) is 30.3. The first-order valence-electron chi connectivity index (χ1n) is 13.8. The second kappa shape index (κ2) is 13.9. The smallest absolute Gasteiger partial charge is 0.264 e. The lowest BCUT2D eigenvalue weighted by Crippen LogP contribution is -2.52. The number of ether oxygens (including phenoxy) is 2. The zero-order valence-corrected chi connectivity index (χ0v) is 25.5. The fourth-order valence-corrected chi connectivity index (χ4v) is 6.55. The summed E-state index contributed by atoms with van der Waals surface area (Å²) in [6.45, 7) is 1.25. The summed E-state index contributed by atoms with van der Waals surface area (Å²) in [6, 6.07) is 18.9. The Balaban J connectivity index is 1.70. The molecule has 1 aliphatic carbocycles. The van der Waals surface area contributed by atoms with Crippen LogP contribution in [0, 0.1) is 0 Å². The van der Waals surface area contributed by atoms with Gasteiger partial charge in [0.2, 0.25) is 11.8 Å². The minimum atomic E-state index is -4.28. The highest BCUT2D eigenvalue weighted by atomic mass is 35.5. The quantitative estimate of drug-likeness (QED) is 0.307. The van der Waals surface area contributed by atoms with Gasteiger partial charge < -0.3 is 19.7 Å². The summed E-state index contributed by atoms with van der Waals surface area (Å²) in [5.74, 6) is -0.218. The highest BCUT2D eigenvalue weighted by molar-refractivity contribution is 7.92. The van der Waals surface area contributed by atoms with Crippen LogP contribution in [0.25, 0.3) is 0 Å². The van der Waals surface area contributed by atoms with Gasteiger partial charge in [0.05, 0.1) is 24.8 Å². The minimum absolute atomic E-state index is 0.0737. The Morgan fingerprint density at radius 2 is 1.60 bits per heavy atom. The fraction of sp³-hybridized carbons (Fsp3) is 0.355. The van der Waals surface area contributed by atoms with Crippen molar-refractivity contribution in [2.75, 3.05) is 25.1 Å². The van der Waals surface area contributed by atoms with E-state index < -0.39 is 28.5 Å². The Labute approximate surface area is 252 Å². The number of nitrogens with zero attached hydrogens (tertiary/aromatic N) is 2. The second-order valence-electron chi connectivity index (χ2n) is 10.2. The normalized spacial score (nSPS) is 14.2. The SMILES string of the molecule is COc1ccc(S(=O)(=O)N(CC(=O)N(Cc2ccccc2)[C@H](C)C(=O)NC2CCCC2)c2ccc(Cl)cc2)cc1OC. The Hall–Kier alpha value is -3.76. The highest BCUT2D eigenvalue weighted by Crippen LogP contribution is 2.33. The maximum atomic E-state index is 14.1. The highest BCUT2D eigenvalue weighted by Gasteiger charge is 2.33. The Morgan fingerprint density at radius 3 is 2.21 bits per heavy atom. The van der Waals surface area contributed by atoms with Gasteiger partial charge in [-0.3, -0.25) is 13.9 Å². The number of methoxy groups -OCH3 is 2. The number of carbonyl (C=O) groups is 2. The maximum Gasteiger partial charge on any atom is 0.264 e. The first-order valence-corrected chi connectivity index (χ1v) is 15.6. The molecule has 0 unspecified atom stereocenters. The Kier molecular flexibility index (Phi) is 10.3. The van der Waals surface area contributed by atoms with Crippen molar-refractivity contribution in [2.24, 2.45) is 0 Å². The molecule has 42 heavy (non-hydrogen) atoms. The summed E-state index contributed by atoms with van der Waals surface area (Å²) in [6.07, 6.45) is 3.91. The third-order valence-corrected chi connectivity index (χ3v) is 9.42. The molecule has 1 N–H and O–H groups in total. The molecule has 0 saturated heterocycles. The summed E-state index contributed by atoms with van der Waals surface area (Å²) >= 11 is 6.10. The molecule has 1 fully saturated rings. The summed E-state index contributed by atoms with van der Waals surface area (Å²) in [4.78, 5) is 28.7. The Morgan fingerprint density at radius 1 is 0.952 bits per heavy atom. The van der Waals surface area contributed by atoms with Crippen molar-refractivity contribution in [3.05, 3.63) is 83.4 Å². The minimum Gasteiger partial charge on any atom is -0.493 e. The van der Waals surface area contributed by atoms with Crippen LogP contribution in [0.1, 0.15) is 38.2 Å². The van der Waals surface area contributed by atoms with Crippen LogP contribution in [-0.4, -0.2) is 58.0 Å². The van der Waals surface area contributed by atoms with Crippen LogP contribution in [-0.2, 0) is 26.2 Å². The van der Waals surface area contributed by atoms with Gasteiger partial charge in [0.15, 0.2) is 11.5 Å². The number of nitrogens with one attached hydrogen (secondary N) is 1. The number of sulfonamides is 1. The molecule has 9 nitrogen and oxygen atoms in total. The van der Waals surface area contributed by atoms with E-state index in [1.165, 1.54) is 49.5 Å². The number of hydrogen-bond acceptors (Lipinski definition) is 6. The van der Waals surface area contributed by atoms with Crippen LogP contribution >= 0.6 is 11.6 Å². The number of rotatable bonds is 12.